The lowest BCUT2D eigenvalue weighted by atomic mass is 10.1. The molecule has 0 aromatic heterocycles. The predicted molar refractivity (Wildman–Crippen MR) is 75.0 cm³/mol. The Morgan fingerprint density at radius 1 is 1.32 bits per heavy atom. The summed E-state index contributed by atoms with van der Waals surface area (Å²) in [6.45, 7) is 1.73. The summed E-state index contributed by atoms with van der Waals surface area (Å²) in [6.07, 6.45) is 0. The number of rotatable bonds is 2. The molecule has 2 rings (SSSR count). The molecule has 0 atom stereocenters. The van der Waals surface area contributed by atoms with E-state index in [0.29, 0.717) is 21.8 Å². The molecular formula is C14H12ClFN2O. The first kappa shape index (κ1) is 13.4. The highest BCUT2D eigenvalue weighted by Crippen LogP contribution is 2.21. The molecule has 0 aliphatic heterocycles. The minimum atomic E-state index is -0.576. The van der Waals surface area contributed by atoms with Crippen molar-refractivity contribution in [3.63, 3.8) is 0 Å². The lowest BCUT2D eigenvalue weighted by Gasteiger charge is -2.09. The molecule has 0 saturated carbocycles. The highest BCUT2D eigenvalue weighted by Gasteiger charge is 2.13. The van der Waals surface area contributed by atoms with Gasteiger partial charge in [-0.15, -0.1) is 0 Å². The van der Waals surface area contributed by atoms with E-state index < -0.39 is 11.7 Å². The van der Waals surface area contributed by atoms with E-state index in [9.17, 15) is 9.18 Å². The van der Waals surface area contributed by atoms with Crippen LogP contribution in [0.3, 0.4) is 0 Å². The Morgan fingerprint density at radius 3 is 2.74 bits per heavy atom. The SMILES string of the molecule is Cc1c(Cl)cccc1C(=O)Nc1ccc(N)cc1F. The van der Waals surface area contributed by atoms with E-state index in [0.717, 1.165) is 6.07 Å². The van der Waals surface area contributed by atoms with Gasteiger partial charge in [-0.3, -0.25) is 4.79 Å². The molecule has 0 unspecified atom stereocenters. The fourth-order valence-electron chi connectivity index (χ4n) is 1.68. The molecule has 0 spiro atoms. The average molecular weight is 279 g/mol. The first-order valence-electron chi connectivity index (χ1n) is 5.60. The van der Waals surface area contributed by atoms with Gasteiger partial charge in [-0.25, -0.2) is 4.39 Å². The van der Waals surface area contributed by atoms with Crippen molar-refractivity contribution in [3.05, 3.63) is 58.4 Å². The summed E-state index contributed by atoms with van der Waals surface area (Å²) in [5.41, 5.74) is 6.88. The van der Waals surface area contributed by atoms with E-state index in [4.69, 9.17) is 17.3 Å². The van der Waals surface area contributed by atoms with Gasteiger partial charge in [0.2, 0.25) is 0 Å². The van der Waals surface area contributed by atoms with Gasteiger partial charge >= 0.3 is 0 Å². The molecule has 3 N–H and O–H groups in total. The molecule has 0 bridgehead atoms. The Hall–Kier alpha value is -2.07. The average Bonchev–Trinajstić information content (AvgIpc) is 2.36. The van der Waals surface area contributed by atoms with E-state index >= 15 is 0 Å². The lowest BCUT2D eigenvalue weighted by Crippen LogP contribution is -2.14. The molecule has 0 fully saturated rings. The third-order valence-electron chi connectivity index (χ3n) is 2.75. The van der Waals surface area contributed by atoms with Crippen molar-refractivity contribution in [1.29, 1.82) is 0 Å². The van der Waals surface area contributed by atoms with Crippen molar-refractivity contribution in [3.8, 4) is 0 Å². The number of nitrogens with one attached hydrogen (secondary N) is 1. The zero-order valence-corrected chi connectivity index (χ0v) is 11.0. The van der Waals surface area contributed by atoms with Gasteiger partial charge in [-0.05, 0) is 42.8 Å². The normalized spacial score (nSPS) is 10.3. The number of hydrogen-bond donors (Lipinski definition) is 2. The molecule has 0 radical (unpaired) electrons. The Kier molecular flexibility index (Phi) is 3.71. The van der Waals surface area contributed by atoms with Crippen LogP contribution < -0.4 is 11.1 Å². The number of carbonyl (C=O) groups is 1. The second-order valence-electron chi connectivity index (χ2n) is 4.11. The standard InChI is InChI=1S/C14H12ClFN2O/c1-8-10(3-2-4-11(8)15)14(19)18-13-6-5-9(17)7-12(13)16/h2-7H,17H2,1H3,(H,18,19). The van der Waals surface area contributed by atoms with Gasteiger partial charge in [0.05, 0.1) is 5.69 Å². The third-order valence-corrected chi connectivity index (χ3v) is 3.16. The maximum Gasteiger partial charge on any atom is 0.256 e. The summed E-state index contributed by atoms with van der Waals surface area (Å²) >= 11 is 5.94. The number of carbonyl (C=O) groups excluding carboxylic acids is 1. The zero-order chi connectivity index (χ0) is 14.0. The van der Waals surface area contributed by atoms with Crippen molar-refractivity contribution in [2.75, 3.05) is 11.1 Å². The third kappa shape index (κ3) is 2.85. The number of amides is 1. The molecule has 0 saturated heterocycles. The summed E-state index contributed by atoms with van der Waals surface area (Å²) in [6, 6.07) is 9.08. The summed E-state index contributed by atoms with van der Waals surface area (Å²) in [4.78, 5) is 12.1. The minimum absolute atomic E-state index is 0.0820. The Bertz CT molecular complexity index is 643. The molecule has 2 aromatic carbocycles. The first-order chi connectivity index (χ1) is 8.99. The van der Waals surface area contributed by atoms with Crippen molar-refractivity contribution in [1.82, 2.24) is 0 Å². The van der Waals surface area contributed by atoms with Gasteiger partial charge in [-0.1, -0.05) is 17.7 Å². The molecule has 1 amide bonds. The molecule has 0 aliphatic carbocycles. The molecular weight excluding hydrogens is 267 g/mol. The second kappa shape index (κ2) is 5.28. The van der Waals surface area contributed by atoms with Crippen LogP contribution in [0, 0.1) is 12.7 Å². The smallest absolute Gasteiger partial charge is 0.256 e. The van der Waals surface area contributed by atoms with Gasteiger partial charge in [0.15, 0.2) is 0 Å². The molecule has 2 aromatic rings. The summed E-state index contributed by atoms with van der Waals surface area (Å²) in [7, 11) is 0. The quantitative estimate of drug-likeness (QED) is 0.824. The minimum Gasteiger partial charge on any atom is -0.399 e. The molecule has 3 nitrogen and oxygen atoms in total. The number of hydrogen-bond acceptors (Lipinski definition) is 2. The van der Waals surface area contributed by atoms with Crippen LogP contribution in [0.2, 0.25) is 5.02 Å². The maximum absolute atomic E-state index is 13.6. The highest BCUT2D eigenvalue weighted by molar-refractivity contribution is 6.32. The number of halogens is 2. The van der Waals surface area contributed by atoms with E-state index in [1.54, 1.807) is 25.1 Å². The molecule has 0 aliphatic rings. The highest BCUT2D eigenvalue weighted by atomic mass is 35.5. The van der Waals surface area contributed by atoms with Crippen molar-refractivity contribution < 1.29 is 9.18 Å². The van der Waals surface area contributed by atoms with Crippen LogP contribution in [-0.2, 0) is 0 Å². The van der Waals surface area contributed by atoms with Crippen LogP contribution in [0.4, 0.5) is 15.8 Å². The summed E-state index contributed by atoms with van der Waals surface area (Å²) in [5, 5.41) is 2.98. The number of anilines is 2. The van der Waals surface area contributed by atoms with Crippen LogP contribution in [0.15, 0.2) is 36.4 Å². The van der Waals surface area contributed by atoms with E-state index in [1.165, 1.54) is 12.1 Å². The van der Waals surface area contributed by atoms with E-state index in [2.05, 4.69) is 5.32 Å². The van der Waals surface area contributed by atoms with Gasteiger partial charge in [0.1, 0.15) is 5.82 Å². The van der Waals surface area contributed by atoms with Crippen LogP contribution >= 0.6 is 11.6 Å². The topological polar surface area (TPSA) is 55.1 Å². The largest absolute Gasteiger partial charge is 0.399 e. The number of nitrogen functional groups attached to an aromatic ring is 1. The van der Waals surface area contributed by atoms with Crippen LogP contribution in [-0.4, -0.2) is 5.91 Å². The summed E-state index contributed by atoms with van der Waals surface area (Å²) in [5.74, 6) is -0.989. The van der Waals surface area contributed by atoms with E-state index in [-0.39, 0.29) is 5.69 Å². The summed E-state index contributed by atoms with van der Waals surface area (Å²) < 4.78 is 13.6. The number of benzene rings is 2. The fourth-order valence-corrected chi connectivity index (χ4v) is 1.85. The van der Waals surface area contributed by atoms with Gasteiger partial charge in [0, 0.05) is 16.3 Å². The molecule has 19 heavy (non-hydrogen) atoms. The first-order valence-corrected chi connectivity index (χ1v) is 5.98. The molecule has 0 heterocycles. The van der Waals surface area contributed by atoms with Gasteiger partial charge in [-0.2, -0.15) is 0 Å². The van der Waals surface area contributed by atoms with Crippen LogP contribution in [0.25, 0.3) is 0 Å². The fraction of sp³-hybridized carbons (Fsp3) is 0.0714. The van der Waals surface area contributed by atoms with E-state index in [1.807, 2.05) is 0 Å². The predicted octanol–water partition coefficient (Wildman–Crippen LogP) is 3.62. The zero-order valence-electron chi connectivity index (χ0n) is 10.2. The number of nitrogens with two attached hydrogens (primary N) is 1. The van der Waals surface area contributed by atoms with Crippen molar-refractivity contribution >= 4 is 28.9 Å². The van der Waals surface area contributed by atoms with Crippen LogP contribution in [0.5, 0.6) is 0 Å². The lowest BCUT2D eigenvalue weighted by molar-refractivity contribution is 0.102. The maximum atomic E-state index is 13.6. The van der Waals surface area contributed by atoms with Crippen LogP contribution in [0.1, 0.15) is 15.9 Å². The van der Waals surface area contributed by atoms with Gasteiger partial charge < -0.3 is 11.1 Å². The van der Waals surface area contributed by atoms with Gasteiger partial charge in [0.25, 0.3) is 5.91 Å². The molecule has 5 heteroatoms. The monoisotopic (exact) mass is 278 g/mol. The Balaban J connectivity index is 2.28. The van der Waals surface area contributed by atoms with Crippen molar-refractivity contribution in [2.24, 2.45) is 0 Å². The second-order valence-corrected chi connectivity index (χ2v) is 4.51. The Morgan fingerprint density at radius 2 is 2.05 bits per heavy atom. The van der Waals surface area contributed by atoms with Crippen molar-refractivity contribution in [2.45, 2.75) is 6.92 Å². The Labute approximate surface area is 115 Å². The molecule has 98 valence electrons.